The van der Waals surface area contributed by atoms with Crippen LogP contribution in [0.3, 0.4) is 0 Å². The van der Waals surface area contributed by atoms with Crippen LogP contribution < -0.4 is 5.32 Å². The molecule has 7 nitrogen and oxygen atoms in total. The highest BCUT2D eigenvalue weighted by Gasteiger charge is 2.13. The van der Waals surface area contributed by atoms with Gasteiger partial charge in [-0.25, -0.2) is 19.2 Å². The van der Waals surface area contributed by atoms with E-state index in [0.29, 0.717) is 11.2 Å². The van der Waals surface area contributed by atoms with Crippen LogP contribution in [0.1, 0.15) is 20.7 Å². The van der Waals surface area contributed by atoms with E-state index in [1.807, 2.05) is 0 Å². The number of imidazole rings is 1. The molecular weight excluding hydrogens is 315 g/mol. The molecule has 0 fully saturated rings. The predicted octanol–water partition coefficient (Wildman–Crippen LogP) is 2.15. The molecule has 1 N–H and O–H groups in total. The van der Waals surface area contributed by atoms with E-state index in [1.165, 1.54) is 19.4 Å². The molecule has 0 aliphatic rings. The molecule has 8 heteroatoms. The summed E-state index contributed by atoms with van der Waals surface area (Å²) in [6.07, 6.45) is 2.99. The van der Waals surface area contributed by atoms with Crippen LogP contribution in [0, 0.1) is 5.82 Å². The summed E-state index contributed by atoms with van der Waals surface area (Å²) in [5.74, 6) is -1.84. The minimum Gasteiger partial charge on any atom is -0.465 e. The summed E-state index contributed by atoms with van der Waals surface area (Å²) in [6, 6.07) is 5.05. The van der Waals surface area contributed by atoms with Gasteiger partial charge < -0.3 is 14.6 Å². The number of nitrogens with zero attached hydrogens (tertiary/aromatic N) is 3. The highest BCUT2D eigenvalue weighted by Crippen LogP contribution is 2.17. The number of pyridine rings is 1. The van der Waals surface area contributed by atoms with Crippen molar-refractivity contribution in [3.8, 4) is 0 Å². The zero-order valence-corrected chi connectivity index (χ0v) is 12.9. The van der Waals surface area contributed by atoms with E-state index in [4.69, 9.17) is 0 Å². The van der Waals surface area contributed by atoms with Crippen molar-refractivity contribution in [3.63, 3.8) is 0 Å². The summed E-state index contributed by atoms with van der Waals surface area (Å²) >= 11 is 0. The van der Waals surface area contributed by atoms with Gasteiger partial charge in [-0.05, 0) is 24.3 Å². The van der Waals surface area contributed by atoms with E-state index in [9.17, 15) is 14.0 Å². The van der Waals surface area contributed by atoms with E-state index in [0.717, 1.165) is 12.1 Å². The van der Waals surface area contributed by atoms with Gasteiger partial charge in [0.1, 0.15) is 11.3 Å². The number of benzene rings is 1. The molecule has 0 unspecified atom stereocenters. The third kappa shape index (κ3) is 2.94. The normalized spacial score (nSPS) is 10.6. The van der Waals surface area contributed by atoms with Crippen molar-refractivity contribution in [2.75, 3.05) is 12.4 Å². The number of hydrogen-bond acceptors (Lipinski definition) is 5. The molecule has 0 atom stereocenters. The lowest BCUT2D eigenvalue weighted by atomic mass is 10.2. The topological polar surface area (TPSA) is 86.1 Å². The summed E-state index contributed by atoms with van der Waals surface area (Å²) in [5.41, 5.74) is 1.63. The summed E-state index contributed by atoms with van der Waals surface area (Å²) in [4.78, 5) is 32.1. The Morgan fingerprint density at radius 2 is 1.96 bits per heavy atom. The first-order valence-electron chi connectivity index (χ1n) is 6.95. The Labute approximate surface area is 136 Å². The molecule has 0 radical (unpaired) electrons. The van der Waals surface area contributed by atoms with Gasteiger partial charge in [-0.15, -0.1) is 0 Å². The highest BCUT2D eigenvalue weighted by molar-refractivity contribution is 6.05. The number of methoxy groups -OCH3 is 1. The molecule has 24 heavy (non-hydrogen) atoms. The largest absolute Gasteiger partial charge is 0.465 e. The third-order valence-electron chi connectivity index (χ3n) is 3.39. The molecule has 3 rings (SSSR count). The van der Waals surface area contributed by atoms with Crippen molar-refractivity contribution in [1.29, 1.82) is 0 Å². The van der Waals surface area contributed by atoms with Gasteiger partial charge in [0.25, 0.3) is 5.91 Å². The number of ether oxygens (including phenoxy) is 1. The first-order chi connectivity index (χ1) is 11.5. The van der Waals surface area contributed by atoms with Gasteiger partial charge >= 0.3 is 5.97 Å². The number of amides is 1. The fourth-order valence-corrected chi connectivity index (χ4v) is 2.24. The van der Waals surface area contributed by atoms with Crippen LogP contribution in [0.4, 0.5) is 10.1 Å². The Morgan fingerprint density at radius 3 is 2.71 bits per heavy atom. The maximum atomic E-state index is 13.6. The van der Waals surface area contributed by atoms with Crippen molar-refractivity contribution in [3.05, 3.63) is 53.7 Å². The molecule has 0 saturated carbocycles. The van der Waals surface area contributed by atoms with E-state index in [1.54, 1.807) is 24.0 Å². The molecule has 122 valence electrons. The fourth-order valence-electron chi connectivity index (χ4n) is 2.24. The lowest BCUT2D eigenvalue weighted by molar-refractivity contribution is 0.0600. The first kappa shape index (κ1) is 15.6. The second-order valence-electron chi connectivity index (χ2n) is 5.10. The average Bonchev–Trinajstić information content (AvgIpc) is 2.94. The fraction of sp³-hybridized carbons (Fsp3) is 0.125. The molecule has 0 aliphatic carbocycles. The summed E-state index contributed by atoms with van der Waals surface area (Å²) in [6.45, 7) is 0. The van der Waals surface area contributed by atoms with Crippen LogP contribution in [0.5, 0.6) is 0 Å². The van der Waals surface area contributed by atoms with E-state index < -0.39 is 17.7 Å². The number of esters is 1. The Balaban J connectivity index is 1.88. The molecule has 1 aromatic carbocycles. The molecule has 1 amide bonds. The monoisotopic (exact) mass is 328 g/mol. The molecule has 0 saturated heterocycles. The summed E-state index contributed by atoms with van der Waals surface area (Å²) < 4.78 is 19.9. The number of anilines is 1. The number of rotatable bonds is 3. The van der Waals surface area contributed by atoms with E-state index in [2.05, 4.69) is 20.0 Å². The number of aryl methyl sites for hydroxylation is 1. The van der Waals surface area contributed by atoms with Gasteiger partial charge in [-0.3, -0.25) is 4.79 Å². The summed E-state index contributed by atoms with van der Waals surface area (Å²) in [5, 5.41) is 2.53. The number of aromatic nitrogens is 3. The van der Waals surface area contributed by atoms with Crippen LogP contribution in [0.25, 0.3) is 11.2 Å². The SMILES string of the molecule is COC(=O)c1cc(F)cc(NC(=O)c2cnc3c(c2)ncn3C)c1. The number of carbonyl (C=O) groups excluding carboxylic acids is 2. The van der Waals surface area contributed by atoms with Gasteiger partial charge in [0, 0.05) is 18.9 Å². The number of carbonyl (C=O) groups is 2. The highest BCUT2D eigenvalue weighted by atomic mass is 19.1. The third-order valence-corrected chi connectivity index (χ3v) is 3.39. The molecule has 0 aliphatic heterocycles. The van der Waals surface area contributed by atoms with Crippen LogP contribution in [0.15, 0.2) is 36.8 Å². The first-order valence-corrected chi connectivity index (χ1v) is 6.95. The summed E-state index contributed by atoms with van der Waals surface area (Å²) in [7, 11) is 2.99. The van der Waals surface area contributed by atoms with E-state index >= 15 is 0 Å². The standard InChI is InChI=1S/C16H13FN4O3/c1-21-8-19-13-5-10(7-18-14(13)21)15(22)20-12-4-9(16(23)24-2)3-11(17)6-12/h3-8H,1-2H3,(H,20,22). The van der Waals surface area contributed by atoms with Crippen LogP contribution in [-0.2, 0) is 11.8 Å². The second-order valence-corrected chi connectivity index (χ2v) is 5.10. The van der Waals surface area contributed by atoms with Crippen molar-refractivity contribution in [2.24, 2.45) is 7.05 Å². The van der Waals surface area contributed by atoms with Gasteiger partial charge in [0.2, 0.25) is 0 Å². The Kier molecular flexibility index (Phi) is 3.95. The van der Waals surface area contributed by atoms with Gasteiger partial charge in [0.05, 0.1) is 24.6 Å². The molecule has 3 aromatic rings. The quantitative estimate of drug-likeness (QED) is 0.745. The van der Waals surface area contributed by atoms with Crippen LogP contribution in [-0.4, -0.2) is 33.5 Å². The Morgan fingerprint density at radius 1 is 1.17 bits per heavy atom. The lowest BCUT2D eigenvalue weighted by Crippen LogP contribution is -2.13. The van der Waals surface area contributed by atoms with Crippen molar-refractivity contribution in [1.82, 2.24) is 14.5 Å². The van der Waals surface area contributed by atoms with Crippen LogP contribution in [0.2, 0.25) is 0 Å². The Hall–Kier alpha value is -3.29. The maximum Gasteiger partial charge on any atom is 0.338 e. The molecular formula is C16H13FN4O3. The van der Waals surface area contributed by atoms with Gasteiger partial charge in [0.15, 0.2) is 5.65 Å². The molecule has 0 bridgehead atoms. The predicted molar refractivity (Wildman–Crippen MR) is 84.2 cm³/mol. The molecule has 2 heterocycles. The van der Waals surface area contributed by atoms with Crippen LogP contribution >= 0.6 is 0 Å². The number of nitrogens with one attached hydrogen (secondary N) is 1. The smallest absolute Gasteiger partial charge is 0.338 e. The van der Waals surface area contributed by atoms with Gasteiger partial charge in [-0.2, -0.15) is 0 Å². The van der Waals surface area contributed by atoms with Gasteiger partial charge in [-0.1, -0.05) is 0 Å². The lowest BCUT2D eigenvalue weighted by Gasteiger charge is -2.07. The van der Waals surface area contributed by atoms with Crippen molar-refractivity contribution in [2.45, 2.75) is 0 Å². The number of fused-ring (bicyclic) bond motifs is 1. The van der Waals surface area contributed by atoms with Crippen molar-refractivity contribution < 1.29 is 18.7 Å². The van der Waals surface area contributed by atoms with Crippen molar-refractivity contribution >= 4 is 28.7 Å². The number of halogens is 1. The molecule has 2 aromatic heterocycles. The number of hydrogen-bond donors (Lipinski definition) is 1. The Bertz CT molecular complexity index is 952. The zero-order chi connectivity index (χ0) is 17.3. The van der Waals surface area contributed by atoms with E-state index in [-0.39, 0.29) is 16.8 Å². The maximum absolute atomic E-state index is 13.6. The minimum atomic E-state index is -0.693. The molecule has 0 spiro atoms. The second kappa shape index (κ2) is 6.07. The minimum absolute atomic E-state index is 0.00565. The zero-order valence-electron chi connectivity index (χ0n) is 12.9. The average molecular weight is 328 g/mol.